The number of aliphatic carboxylic acids is 1. The zero-order valence-electron chi connectivity index (χ0n) is 12.3. The summed E-state index contributed by atoms with van der Waals surface area (Å²) in [7, 11) is 0. The van der Waals surface area contributed by atoms with Gasteiger partial charge in [0.25, 0.3) is 0 Å². The maximum atomic E-state index is 12.1. The third-order valence-corrected chi connectivity index (χ3v) is 3.69. The van der Waals surface area contributed by atoms with Gasteiger partial charge in [0, 0.05) is 6.42 Å². The van der Waals surface area contributed by atoms with Gasteiger partial charge in [-0.15, -0.1) is 0 Å². The van der Waals surface area contributed by atoms with E-state index in [1.165, 1.54) is 12.1 Å². The first-order valence-electron chi connectivity index (χ1n) is 6.93. The molecular weight excluding hydrogens is 272 g/mol. The zero-order valence-corrected chi connectivity index (χ0v) is 12.3. The van der Waals surface area contributed by atoms with E-state index < -0.39 is 23.5 Å². The van der Waals surface area contributed by atoms with Crippen LogP contribution in [0.4, 0.5) is 0 Å². The minimum absolute atomic E-state index is 0.104. The molecule has 0 saturated heterocycles. The highest BCUT2D eigenvalue weighted by atomic mass is 16.4. The first kappa shape index (κ1) is 17.0. The molecule has 1 rings (SSSR count). The van der Waals surface area contributed by atoms with Gasteiger partial charge in [-0.05, 0) is 30.5 Å². The van der Waals surface area contributed by atoms with Crippen LogP contribution < -0.4 is 11.1 Å². The highest BCUT2D eigenvalue weighted by Gasteiger charge is 2.33. The Morgan fingerprint density at radius 2 is 1.76 bits per heavy atom. The fourth-order valence-corrected chi connectivity index (χ4v) is 1.94. The van der Waals surface area contributed by atoms with Crippen molar-refractivity contribution < 1.29 is 19.8 Å². The molecule has 1 atom stereocenters. The van der Waals surface area contributed by atoms with Crippen LogP contribution in [-0.4, -0.2) is 33.7 Å². The van der Waals surface area contributed by atoms with Crippen molar-refractivity contribution in [2.75, 3.05) is 0 Å². The Bertz CT molecular complexity index is 495. The van der Waals surface area contributed by atoms with Crippen LogP contribution in [0.2, 0.25) is 0 Å². The van der Waals surface area contributed by atoms with Crippen LogP contribution in [0.5, 0.6) is 5.75 Å². The largest absolute Gasteiger partial charge is 0.508 e. The summed E-state index contributed by atoms with van der Waals surface area (Å²) in [4.78, 5) is 23.5. The summed E-state index contributed by atoms with van der Waals surface area (Å²) in [6.07, 6.45) is 0.993. The third kappa shape index (κ3) is 4.46. The van der Waals surface area contributed by atoms with E-state index in [-0.39, 0.29) is 12.2 Å². The Balaban J connectivity index is 2.81. The number of phenolic OH excluding ortho intramolecular Hbond substituents is 1. The fourth-order valence-electron chi connectivity index (χ4n) is 1.94. The number of rotatable bonds is 7. The number of carbonyl (C=O) groups excluding carboxylic acids is 1. The molecule has 0 bridgehead atoms. The van der Waals surface area contributed by atoms with Crippen molar-refractivity contribution in [1.82, 2.24) is 5.32 Å². The lowest BCUT2D eigenvalue weighted by molar-refractivity contribution is -0.142. The molecule has 0 aliphatic heterocycles. The second-order valence-electron chi connectivity index (χ2n) is 5.10. The first-order chi connectivity index (χ1) is 9.82. The molecule has 0 unspecified atom stereocenters. The molecule has 1 aromatic carbocycles. The second-order valence-corrected chi connectivity index (χ2v) is 5.10. The average molecular weight is 294 g/mol. The summed E-state index contributed by atoms with van der Waals surface area (Å²) in [5.41, 5.74) is 5.62. The molecular formula is C15H22N2O4. The van der Waals surface area contributed by atoms with E-state index in [2.05, 4.69) is 5.32 Å². The molecule has 0 aliphatic rings. The number of benzene rings is 1. The molecule has 0 fully saturated rings. The van der Waals surface area contributed by atoms with E-state index in [1.807, 2.05) is 0 Å². The number of hydrogen-bond donors (Lipinski definition) is 4. The van der Waals surface area contributed by atoms with Crippen LogP contribution in [0.3, 0.4) is 0 Å². The van der Waals surface area contributed by atoms with Gasteiger partial charge >= 0.3 is 5.97 Å². The van der Waals surface area contributed by atoms with E-state index in [1.54, 1.807) is 26.0 Å². The molecule has 5 N–H and O–H groups in total. The number of carboxylic acids is 1. The summed E-state index contributed by atoms with van der Waals surface area (Å²) in [5.74, 6) is -1.47. The number of hydrogen-bond acceptors (Lipinski definition) is 4. The Kier molecular flexibility index (Phi) is 5.72. The smallest absolute Gasteiger partial charge is 0.326 e. The van der Waals surface area contributed by atoms with E-state index in [4.69, 9.17) is 5.73 Å². The van der Waals surface area contributed by atoms with Gasteiger partial charge in [0.15, 0.2) is 0 Å². The summed E-state index contributed by atoms with van der Waals surface area (Å²) in [6, 6.07) is 5.13. The van der Waals surface area contributed by atoms with Gasteiger partial charge in [0.1, 0.15) is 11.8 Å². The molecule has 6 nitrogen and oxygen atoms in total. The molecule has 0 heterocycles. The van der Waals surface area contributed by atoms with Crippen LogP contribution in [0.1, 0.15) is 32.3 Å². The number of phenols is 1. The minimum Gasteiger partial charge on any atom is -0.508 e. The van der Waals surface area contributed by atoms with Crippen molar-refractivity contribution >= 4 is 11.9 Å². The number of carboxylic acid groups (broad SMARTS) is 1. The van der Waals surface area contributed by atoms with Crippen LogP contribution in [0.15, 0.2) is 24.3 Å². The minimum atomic E-state index is -1.12. The van der Waals surface area contributed by atoms with Crippen molar-refractivity contribution in [2.45, 2.75) is 44.7 Å². The molecule has 0 spiro atoms. The molecule has 1 aromatic rings. The van der Waals surface area contributed by atoms with E-state index in [9.17, 15) is 19.8 Å². The van der Waals surface area contributed by atoms with Crippen LogP contribution in [0, 0.1) is 0 Å². The van der Waals surface area contributed by atoms with Crippen LogP contribution >= 0.6 is 0 Å². The normalized spacial score (nSPS) is 12.7. The van der Waals surface area contributed by atoms with Gasteiger partial charge in [0.05, 0.1) is 5.54 Å². The highest BCUT2D eigenvalue weighted by Crippen LogP contribution is 2.14. The van der Waals surface area contributed by atoms with Crippen molar-refractivity contribution in [1.29, 1.82) is 0 Å². The summed E-state index contributed by atoms with van der Waals surface area (Å²) in [6.45, 7) is 3.58. The molecule has 0 radical (unpaired) electrons. The fraction of sp³-hybridized carbons (Fsp3) is 0.467. The molecule has 1 amide bonds. The Morgan fingerprint density at radius 1 is 1.24 bits per heavy atom. The van der Waals surface area contributed by atoms with Gasteiger partial charge < -0.3 is 21.3 Å². The summed E-state index contributed by atoms with van der Waals surface area (Å²) in [5, 5.41) is 21.0. The molecule has 6 heteroatoms. The number of aromatic hydroxyl groups is 1. The number of nitrogens with two attached hydrogens (primary N) is 1. The molecule has 0 aromatic heterocycles. The number of carbonyl (C=O) groups is 2. The van der Waals surface area contributed by atoms with Crippen molar-refractivity contribution in [3.63, 3.8) is 0 Å². The van der Waals surface area contributed by atoms with E-state index in [0.717, 1.165) is 0 Å². The average Bonchev–Trinajstić information content (AvgIpc) is 2.47. The van der Waals surface area contributed by atoms with Gasteiger partial charge in [-0.2, -0.15) is 0 Å². The molecule has 0 saturated carbocycles. The summed E-state index contributed by atoms with van der Waals surface area (Å²) >= 11 is 0. The monoisotopic (exact) mass is 294 g/mol. The predicted molar refractivity (Wildman–Crippen MR) is 78.9 cm³/mol. The quantitative estimate of drug-likeness (QED) is 0.600. The Labute approximate surface area is 124 Å². The van der Waals surface area contributed by atoms with Gasteiger partial charge in [0.2, 0.25) is 5.91 Å². The van der Waals surface area contributed by atoms with Crippen molar-refractivity contribution in [2.24, 2.45) is 5.73 Å². The van der Waals surface area contributed by atoms with E-state index >= 15 is 0 Å². The lowest BCUT2D eigenvalue weighted by atomic mass is 9.92. The second kappa shape index (κ2) is 7.08. The lowest BCUT2D eigenvalue weighted by Gasteiger charge is -2.27. The standard InChI is InChI=1S/C15H22N2O4/c1-3-15(16,4-2)14(21)17-12(13(19)20)9-10-5-7-11(18)8-6-10/h5-8,12,18H,3-4,9,16H2,1-2H3,(H,17,21)(H,19,20)/t12-/m0/s1. The zero-order chi connectivity index (χ0) is 16.0. The Hall–Kier alpha value is -2.08. The van der Waals surface area contributed by atoms with Gasteiger partial charge in [-0.3, -0.25) is 4.79 Å². The molecule has 0 aliphatic carbocycles. The summed E-state index contributed by atoms with van der Waals surface area (Å²) < 4.78 is 0. The first-order valence-corrected chi connectivity index (χ1v) is 6.93. The van der Waals surface area contributed by atoms with Gasteiger partial charge in [-0.1, -0.05) is 26.0 Å². The Morgan fingerprint density at radius 3 is 2.19 bits per heavy atom. The van der Waals surface area contributed by atoms with Crippen molar-refractivity contribution in [3.8, 4) is 5.75 Å². The van der Waals surface area contributed by atoms with Gasteiger partial charge in [-0.25, -0.2) is 4.79 Å². The predicted octanol–water partition coefficient (Wildman–Crippen LogP) is 1.02. The highest BCUT2D eigenvalue weighted by molar-refractivity contribution is 5.90. The topological polar surface area (TPSA) is 113 Å². The number of amides is 1. The van der Waals surface area contributed by atoms with Crippen molar-refractivity contribution in [3.05, 3.63) is 29.8 Å². The molecule has 116 valence electrons. The third-order valence-electron chi connectivity index (χ3n) is 3.69. The number of nitrogens with one attached hydrogen (secondary N) is 1. The van der Waals surface area contributed by atoms with E-state index in [0.29, 0.717) is 18.4 Å². The lowest BCUT2D eigenvalue weighted by Crippen LogP contribution is -2.57. The SMILES string of the molecule is CCC(N)(CC)C(=O)N[C@@H](Cc1ccc(O)cc1)C(=O)O. The molecule has 21 heavy (non-hydrogen) atoms. The maximum absolute atomic E-state index is 12.1. The van der Waals surface area contributed by atoms with Crippen LogP contribution in [0.25, 0.3) is 0 Å². The maximum Gasteiger partial charge on any atom is 0.326 e. The van der Waals surface area contributed by atoms with Crippen LogP contribution in [-0.2, 0) is 16.0 Å².